The van der Waals surface area contributed by atoms with Gasteiger partial charge in [0, 0.05) is 51.3 Å². The van der Waals surface area contributed by atoms with Crippen LogP contribution in [0.4, 0.5) is 17.1 Å². The third-order valence-electron chi connectivity index (χ3n) is 9.45. The largest absolute Gasteiger partial charge is 0.335 e. The Kier molecular flexibility index (Phi) is 6.65. The Labute approximate surface area is 279 Å². The van der Waals surface area contributed by atoms with E-state index in [1.54, 1.807) is 0 Å². The van der Waals surface area contributed by atoms with Crippen LogP contribution in [0.2, 0.25) is 0 Å². The Morgan fingerprint density at radius 2 is 1.23 bits per heavy atom. The number of hydrogen-bond acceptors (Lipinski definition) is 2. The molecule has 0 unspecified atom stereocenters. The van der Waals surface area contributed by atoms with Gasteiger partial charge in [0.2, 0.25) is 0 Å². The van der Waals surface area contributed by atoms with E-state index in [9.17, 15) is 0 Å². The van der Waals surface area contributed by atoms with Crippen LogP contribution in [0.15, 0.2) is 175 Å². The Balaban J connectivity index is 1.20. The Hall–Kier alpha value is -6.39. The van der Waals surface area contributed by atoms with Crippen molar-refractivity contribution in [2.24, 2.45) is 4.99 Å². The molecule has 228 valence electrons. The third kappa shape index (κ3) is 4.50. The van der Waals surface area contributed by atoms with Gasteiger partial charge in [0.15, 0.2) is 0 Å². The van der Waals surface area contributed by atoms with E-state index in [0.29, 0.717) is 6.54 Å². The molecule has 0 saturated heterocycles. The first-order valence-electron chi connectivity index (χ1n) is 16.3. The first-order chi connectivity index (χ1) is 23.8. The number of aliphatic imine (C=N–C) groups is 1. The van der Waals surface area contributed by atoms with Gasteiger partial charge in [0.1, 0.15) is 0 Å². The van der Waals surface area contributed by atoms with Gasteiger partial charge in [0.05, 0.1) is 27.9 Å². The first-order valence-corrected chi connectivity index (χ1v) is 16.3. The van der Waals surface area contributed by atoms with E-state index in [1.807, 2.05) is 18.2 Å². The Morgan fingerprint density at radius 1 is 0.542 bits per heavy atom. The van der Waals surface area contributed by atoms with E-state index in [4.69, 9.17) is 0 Å². The smallest absolute Gasteiger partial charge is 0.0859 e. The van der Waals surface area contributed by atoms with Gasteiger partial charge in [-0.2, -0.15) is 0 Å². The number of nitrogens with zero attached hydrogens (tertiary/aromatic N) is 4. The molecule has 9 rings (SSSR count). The zero-order valence-electron chi connectivity index (χ0n) is 26.4. The van der Waals surface area contributed by atoms with Crippen LogP contribution >= 0.6 is 0 Å². The molecular formula is C44H32N4. The molecule has 0 fully saturated rings. The maximum Gasteiger partial charge on any atom is 0.0859 e. The van der Waals surface area contributed by atoms with Crippen molar-refractivity contribution in [3.8, 4) is 11.4 Å². The molecule has 48 heavy (non-hydrogen) atoms. The van der Waals surface area contributed by atoms with Gasteiger partial charge in [-0.05, 0) is 84.4 Å². The highest BCUT2D eigenvalue weighted by Gasteiger charge is 2.19. The number of para-hydroxylation sites is 5. The molecule has 0 aliphatic rings. The third-order valence-corrected chi connectivity index (χ3v) is 9.45. The van der Waals surface area contributed by atoms with Gasteiger partial charge in [-0.1, -0.05) is 97.1 Å². The molecule has 2 aromatic heterocycles. The van der Waals surface area contributed by atoms with Crippen molar-refractivity contribution in [3.63, 3.8) is 0 Å². The van der Waals surface area contributed by atoms with Crippen molar-refractivity contribution in [3.05, 3.63) is 176 Å². The number of fused-ring (bicyclic) bond motifs is 7. The zero-order chi connectivity index (χ0) is 32.0. The summed E-state index contributed by atoms with van der Waals surface area (Å²) in [4.78, 5) is 6.63. The number of aromatic nitrogens is 2. The van der Waals surface area contributed by atoms with E-state index in [0.717, 1.165) is 28.4 Å². The van der Waals surface area contributed by atoms with E-state index >= 15 is 0 Å². The van der Waals surface area contributed by atoms with Crippen molar-refractivity contribution in [1.29, 1.82) is 0 Å². The van der Waals surface area contributed by atoms with Gasteiger partial charge in [-0.15, -0.1) is 0 Å². The van der Waals surface area contributed by atoms with Gasteiger partial charge >= 0.3 is 0 Å². The van der Waals surface area contributed by atoms with Crippen LogP contribution in [-0.4, -0.2) is 15.9 Å². The minimum Gasteiger partial charge on any atom is -0.335 e. The van der Waals surface area contributed by atoms with Crippen LogP contribution in [-0.2, 0) is 6.54 Å². The van der Waals surface area contributed by atoms with E-state index in [-0.39, 0.29) is 0 Å². The van der Waals surface area contributed by atoms with Crippen LogP contribution in [0.5, 0.6) is 0 Å². The maximum absolute atomic E-state index is 4.33. The summed E-state index contributed by atoms with van der Waals surface area (Å²) in [5.41, 5.74) is 10.1. The summed E-state index contributed by atoms with van der Waals surface area (Å²) in [5, 5.41) is 6.27. The lowest BCUT2D eigenvalue weighted by molar-refractivity contribution is 0.973. The fourth-order valence-electron chi connectivity index (χ4n) is 7.26. The molecule has 0 N–H and O–H groups in total. The second-order valence-electron chi connectivity index (χ2n) is 12.2. The first kappa shape index (κ1) is 27.9. The molecule has 4 nitrogen and oxygen atoms in total. The highest BCUT2D eigenvalue weighted by Crippen LogP contribution is 2.41. The average Bonchev–Trinajstić information content (AvgIpc) is 3.75. The summed E-state index contributed by atoms with van der Waals surface area (Å²) >= 11 is 0. The molecule has 2 heterocycles. The van der Waals surface area contributed by atoms with Crippen LogP contribution in [0, 0.1) is 0 Å². The van der Waals surface area contributed by atoms with Crippen molar-refractivity contribution < 1.29 is 0 Å². The van der Waals surface area contributed by atoms with Crippen LogP contribution < -0.4 is 4.90 Å². The zero-order valence-corrected chi connectivity index (χ0v) is 26.4. The summed E-state index contributed by atoms with van der Waals surface area (Å²) in [7, 11) is 0. The summed E-state index contributed by atoms with van der Waals surface area (Å²) < 4.78 is 4.74. The summed E-state index contributed by atoms with van der Waals surface area (Å²) in [6, 6.07) is 58.3. The van der Waals surface area contributed by atoms with Gasteiger partial charge < -0.3 is 14.0 Å². The maximum atomic E-state index is 4.33. The van der Waals surface area contributed by atoms with Crippen molar-refractivity contribution in [1.82, 2.24) is 9.13 Å². The van der Waals surface area contributed by atoms with Crippen LogP contribution in [0.25, 0.3) is 54.9 Å². The monoisotopic (exact) mass is 616 g/mol. The molecule has 0 amide bonds. The summed E-state index contributed by atoms with van der Waals surface area (Å²) in [6.07, 6.45) is 2.19. The molecule has 0 bridgehead atoms. The highest BCUT2D eigenvalue weighted by molar-refractivity contribution is 6.27. The molecule has 0 aliphatic carbocycles. The molecule has 0 spiro atoms. The van der Waals surface area contributed by atoms with Gasteiger partial charge in [-0.25, -0.2) is 0 Å². The predicted octanol–water partition coefficient (Wildman–Crippen LogP) is 11.6. The fourth-order valence-corrected chi connectivity index (χ4v) is 7.26. The summed E-state index contributed by atoms with van der Waals surface area (Å²) in [6.45, 7) is 4.53. The lowest BCUT2D eigenvalue weighted by Crippen LogP contribution is -2.16. The highest BCUT2D eigenvalue weighted by atomic mass is 15.1. The van der Waals surface area contributed by atoms with E-state index in [1.165, 1.54) is 49.0 Å². The number of rotatable bonds is 7. The standard InChI is InChI=1S/C44H32N4/c1-45-38-17-9-11-19-40(38)47(35-14-6-3-7-15-35)30-31-20-25-36(26-21-31)48-39-18-10-8-16-37(39)43-41(48)27-24-32-22-23-33-28-29-46(44(33)42(32)43)34-12-4-2-5-13-34/h2-29H,1,30H2. The van der Waals surface area contributed by atoms with Crippen molar-refractivity contribution >= 4 is 67.3 Å². The quantitative estimate of drug-likeness (QED) is 0.164. The average molecular weight is 617 g/mol. The second kappa shape index (κ2) is 11.4. The minimum atomic E-state index is 0.698. The lowest BCUT2D eigenvalue weighted by atomic mass is 10.0. The van der Waals surface area contributed by atoms with E-state index < -0.39 is 0 Å². The molecule has 7 aromatic carbocycles. The Morgan fingerprint density at radius 3 is 2.04 bits per heavy atom. The molecule has 0 radical (unpaired) electrons. The molecule has 0 atom stereocenters. The molecule has 9 aromatic rings. The number of benzene rings is 7. The summed E-state index contributed by atoms with van der Waals surface area (Å²) in [5.74, 6) is 0. The topological polar surface area (TPSA) is 25.5 Å². The predicted molar refractivity (Wildman–Crippen MR) is 203 cm³/mol. The molecule has 0 aliphatic heterocycles. The van der Waals surface area contributed by atoms with E-state index in [2.05, 4.69) is 178 Å². The number of hydrogen-bond donors (Lipinski definition) is 0. The fraction of sp³-hybridized carbons (Fsp3) is 0.0227. The minimum absolute atomic E-state index is 0.698. The van der Waals surface area contributed by atoms with Crippen molar-refractivity contribution in [2.75, 3.05) is 4.90 Å². The van der Waals surface area contributed by atoms with Crippen molar-refractivity contribution in [2.45, 2.75) is 6.54 Å². The molecular weight excluding hydrogens is 585 g/mol. The lowest BCUT2D eigenvalue weighted by Gasteiger charge is -2.26. The Bertz CT molecular complexity index is 2590. The second-order valence-corrected chi connectivity index (χ2v) is 12.2. The van der Waals surface area contributed by atoms with Gasteiger partial charge in [-0.3, -0.25) is 4.99 Å². The van der Waals surface area contributed by atoms with Gasteiger partial charge in [0.25, 0.3) is 0 Å². The normalized spacial score (nSPS) is 11.5. The van der Waals surface area contributed by atoms with Crippen LogP contribution in [0.3, 0.4) is 0 Å². The SMILES string of the molecule is C=Nc1ccccc1N(Cc1ccc(-n2c3ccccc3c3c4c(ccc5ccn(-c6ccccc6)c54)ccc32)cc1)c1ccccc1. The molecule has 4 heteroatoms. The molecule has 0 saturated carbocycles. The number of anilines is 2. The van der Waals surface area contributed by atoms with Crippen LogP contribution in [0.1, 0.15) is 5.56 Å².